The molecule has 3 heterocycles. The van der Waals surface area contributed by atoms with Crippen LogP contribution in [0.25, 0.3) is 10.9 Å². The largest absolute Gasteiger partial charge is 0.358 e. The van der Waals surface area contributed by atoms with Gasteiger partial charge < -0.3 is 9.88 Å². The second-order valence-electron chi connectivity index (χ2n) is 6.87. The molecule has 0 radical (unpaired) electrons. The van der Waals surface area contributed by atoms with Gasteiger partial charge in [-0.2, -0.15) is 0 Å². The first-order chi connectivity index (χ1) is 12.1. The van der Waals surface area contributed by atoms with Gasteiger partial charge in [-0.15, -0.1) is 0 Å². The van der Waals surface area contributed by atoms with E-state index in [-0.39, 0.29) is 5.91 Å². The molecule has 4 rings (SSSR count). The molecule has 0 bridgehead atoms. The first-order valence-electron chi connectivity index (χ1n) is 8.77. The van der Waals surface area contributed by atoms with E-state index in [0.717, 1.165) is 25.9 Å². The molecule has 0 spiro atoms. The van der Waals surface area contributed by atoms with Gasteiger partial charge in [-0.1, -0.05) is 11.6 Å². The Hall–Kier alpha value is -2.69. The molecule has 128 valence electrons. The molecule has 3 aromatic rings. The molecule has 1 saturated heterocycles. The summed E-state index contributed by atoms with van der Waals surface area (Å²) in [7, 11) is 0. The normalized spacial score (nSPS) is 15.7. The Balaban J connectivity index is 1.51. The standard InChI is InChI=1S/C20H22N4O/c1-13-3-4-17-16(11-13)14(2)19(23-17)15-5-9-24(10-6-15)20(25)18-12-21-7-8-22-18/h3-4,7-8,11-12,15,23H,5-6,9-10H2,1-2H3. The number of rotatable bonds is 2. The summed E-state index contributed by atoms with van der Waals surface area (Å²) in [5.74, 6) is 0.453. The number of carbonyl (C=O) groups excluding carboxylic acids is 1. The zero-order chi connectivity index (χ0) is 17.4. The summed E-state index contributed by atoms with van der Waals surface area (Å²) >= 11 is 0. The zero-order valence-corrected chi connectivity index (χ0v) is 14.6. The lowest BCUT2D eigenvalue weighted by atomic mass is 9.91. The monoisotopic (exact) mass is 334 g/mol. The van der Waals surface area contributed by atoms with E-state index in [2.05, 4.69) is 47.0 Å². The van der Waals surface area contributed by atoms with Crippen LogP contribution in [0.5, 0.6) is 0 Å². The lowest BCUT2D eigenvalue weighted by Crippen LogP contribution is -2.38. The highest BCUT2D eigenvalue weighted by Crippen LogP contribution is 2.34. The van der Waals surface area contributed by atoms with Crippen molar-refractivity contribution in [3.8, 4) is 0 Å². The number of hydrogen-bond acceptors (Lipinski definition) is 3. The van der Waals surface area contributed by atoms with Gasteiger partial charge in [0.15, 0.2) is 0 Å². The van der Waals surface area contributed by atoms with Crippen LogP contribution in [0.1, 0.15) is 46.1 Å². The van der Waals surface area contributed by atoms with Crippen molar-refractivity contribution in [1.29, 1.82) is 0 Å². The smallest absolute Gasteiger partial charge is 0.274 e. The molecule has 1 N–H and O–H groups in total. The molecule has 5 heteroatoms. The summed E-state index contributed by atoms with van der Waals surface area (Å²) < 4.78 is 0. The highest BCUT2D eigenvalue weighted by atomic mass is 16.2. The molecule has 0 atom stereocenters. The van der Waals surface area contributed by atoms with Crippen LogP contribution >= 0.6 is 0 Å². The molecular formula is C20H22N4O. The molecule has 1 aromatic carbocycles. The fourth-order valence-electron chi connectivity index (χ4n) is 3.81. The van der Waals surface area contributed by atoms with Crippen LogP contribution < -0.4 is 0 Å². The summed E-state index contributed by atoms with van der Waals surface area (Å²) in [5.41, 5.74) is 5.59. The number of hydrogen-bond donors (Lipinski definition) is 1. The fourth-order valence-corrected chi connectivity index (χ4v) is 3.81. The predicted molar refractivity (Wildman–Crippen MR) is 97.7 cm³/mol. The van der Waals surface area contributed by atoms with Crippen molar-refractivity contribution in [3.63, 3.8) is 0 Å². The molecule has 0 aliphatic carbocycles. The van der Waals surface area contributed by atoms with Crippen LogP contribution in [-0.4, -0.2) is 38.8 Å². The number of benzene rings is 1. The van der Waals surface area contributed by atoms with Crippen LogP contribution in [0, 0.1) is 13.8 Å². The Kier molecular flexibility index (Phi) is 3.99. The van der Waals surface area contributed by atoms with Crippen LogP contribution in [0.2, 0.25) is 0 Å². The maximum Gasteiger partial charge on any atom is 0.274 e. The molecule has 1 amide bonds. The van der Waals surface area contributed by atoms with Crippen molar-refractivity contribution in [1.82, 2.24) is 19.9 Å². The number of amides is 1. The Morgan fingerprint density at radius 3 is 2.72 bits per heavy atom. The lowest BCUT2D eigenvalue weighted by molar-refractivity contribution is 0.0705. The van der Waals surface area contributed by atoms with Crippen molar-refractivity contribution in [2.75, 3.05) is 13.1 Å². The van der Waals surface area contributed by atoms with Gasteiger partial charge >= 0.3 is 0 Å². The van der Waals surface area contributed by atoms with Gasteiger partial charge in [-0.05, 0) is 44.4 Å². The number of aryl methyl sites for hydroxylation is 2. The molecule has 2 aromatic heterocycles. The van der Waals surface area contributed by atoms with Gasteiger partial charge in [0, 0.05) is 48.0 Å². The predicted octanol–water partition coefficient (Wildman–Crippen LogP) is 3.59. The van der Waals surface area contributed by atoms with Crippen molar-refractivity contribution < 1.29 is 4.79 Å². The summed E-state index contributed by atoms with van der Waals surface area (Å²) in [6, 6.07) is 6.55. The van der Waals surface area contributed by atoms with E-state index >= 15 is 0 Å². The number of H-pyrrole nitrogens is 1. The van der Waals surface area contributed by atoms with Gasteiger partial charge in [-0.3, -0.25) is 9.78 Å². The van der Waals surface area contributed by atoms with Crippen molar-refractivity contribution in [2.45, 2.75) is 32.6 Å². The van der Waals surface area contributed by atoms with Gasteiger partial charge in [-0.25, -0.2) is 4.98 Å². The summed E-state index contributed by atoms with van der Waals surface area (Å²) in [6.07, 6.45) is 6.63. The summed E-state index contributed by atoms with van der Waals surface area (Å²) in [6.45, 7) is 5.84. The second-order valence-corrected chi connectivity index (χ2v) is 6.87. The average molecular weight is 334 g/mol. The van der Waals surface area contributed by atoms with E-state index in [1.165, 1.54) is 27.7 Å². The number of carbonyl (C=O) groups is 1. The lowest BCUT2D eigenvalue weighted by Gasteiger charge is -2.31. The third-order valence-corrected chi connectivity index (χ3v) is 5.23. The zero-order valence-electron chi connectivity index (χ0n) is 14.6. The van der Waals surface area contributed by atoms with Crippen molar-refractivity contribution >= 4 is 16.8 Å². The Bertz CT molecular complexity index is 908. The number of fused-ring (bicyclic) bond motifs is 1. The van der Waals surface area contributed by atoms with Crippen LogP contribution in [0.15, 0.2) is 36.8 Å². The van der Waals surface area contributed by atoms with Crippen LogP contribution in [0.4, 0.5) is 0 Å². The third-order valence-electron chi connectivity index (χ3n) is 5.23. The van der Waals surface area contributed by atoms with Crippen LogP contribution in [0.3, 0.4) is 0 Å². The first-order valence-corrected chi connectivity index (χ1v) is 8.77. The fraction of sp³-hybridized carbons (Fsp3) is 0.350. The maximum atomic E-state index is 12.5. The van der Waals surface area contributed by atoms with Gasteiger partial charge in [0.25, 0.3) is 5.91 Å². The molecule has 5 nitrogen and oxygen atoms in total. The molecule has 1 aliphatic rings. The summed E-state index contributed by atoms with van der Waals surface area (Å²) in [5, 5.41) is 1.31. The number of nitrogens with zero attached hydrogens (tertiary/aromatic N) is 3. The number of likely N-dealkylation sites (tertiary alicyclic amines) is 1. The third kappa shape index (κ3) is 2.90. The van der Waals surface area contributed by atoms with E-state index in [4.69, 9.17) is 0 Å². The van der Waals surface area contributed by atoms with E-state index < -0.39 is 0 Å². The van der Waals surface area contributed by atoms with E-state index in [1.807, 2.05) is 4.90 Å². The van der Waals surface area contributed by atoms with Gasteiger partial charge in [0.05, 0.1) is 6.20 Å². The molecule has 0 unspecified atom stereocenters. The Morgan fingerprint density at radius 2 is 2.00 bits per heavy atom. The molecular weight excluding hydrogens is 312 g/mol. The molecule has 0 saturated carbocycles. The quantitative estimate of drug-likeness (QED) is 0.779. The highest BCUT2D eigenvalue weighted by Gasteiger charge is 2.27. The van der Waals surface area contributed by atoms with Gasteiger partial charge in [0.1, 0.15) is 5.69 Å². The topological polar surface area (TPSA) is 61.9 Å². The molecule has 1 fully saturated rings. The molecule has 25 heavy (non-hydrogen) atoms. The van der Waals surface area contributed by atoms with Crippen molar-refractivity contribution in [3.05, 3.63) is 59.3 Å². The van der Waals surface area contributed by atoms with E-state index in [9.17, 15) is 4.79 Å². The minimum absolute atomic E-state index is 0.0180. The van der Waals surface area contributed by atoms with Crippen LogP contribution in [-0.2, 0) is 0 Å². The second kappa shape index (κ2) is 6.31. The van der Waals surface area contributed by atoms with E-state index in [0.29, 0.717) is 11.6 Å². The SMILES string of the molecule is Cc1ccc2[nH]c(C3CCN(C(=O)c4cnccn4)CC3)c(C)c2c1. The highest BCUT2D eigenvalue weighted by molar-refractivity contribution is 5.92. The van der Waals surface area contributed by atoms with Gasteiger partial charge in [0.2, 0.25) is 0 Å². The Labute approximate surface area is 147 Å². The Morgan fingerprint density at radius 1 is 1.20 bits per heavy atom. The molecule has 1 aliphatic heterocycles. The number of nitrogens with one attached hydrogen (secondary N) is 1. The maximum absolute atomic E-state index is 12.5. The number of aromatic nitrogens is 3. The number of piperidine rings is 1. The summed E-state index contributed by atoms with van der Waals surface area (Å²) in [4.78, 5) is 26.1. The van der Waals surface area contributed by atoms with E-state index in [1.54, 1.807) is 18.6 Å². The average Bonchev–Trinajstić information content (AvgIpc) is 2.98. The van der Waals surface area contributed by atoms with Crippen molar-refractivity contribution in [2.24, 2.45) is 0 Å². The first kappa shape index (κ1) is 15.8. The minimum atomic E-state index is -0.0180. The minimum Gasteiger partial charge on any atom is -0.358 e. The number of aromatic amines is 1.